The molecule has 0 saturated carbocycles. The summed E-state index contributed by atoms with van der Waals surface area (Å²) in [6, 6.07) is 16.0. The predicted molar refractivity (Wildman–Crippen MR) is 133 cm³/mol. The number of anilines is 2. The molecule has 0 atom stereocenters. The Labute approximate surface area is 203 Å². The number of non-ortho nitro benzene ring substituents is 1. The van der Waals surface area contributed by atoms with Gasteiger partial charge in [0.1, 0.15) is 6.61 Å². The van der Waals surface area contributed by atoms with Gasteiger partial charge in [-0.3, -0.25) is 14.9 Å². The summed E-state index contributed by atoms with van der Waals surface area (Å²) in [7, 11) is 4.77. The lowest BCUT2D eigenvalue weighted by Gasteiger charge is -2.21. The van der Waals surface area contributed by atoms with E-state index >= 15 is 0 Å². The standard InChI is InChI=1S/C26H27N3O6/c1-27-22-14-25(35-16-18-10-17(15-33-2)11-20(12-18)29(31)32)24(34-3)13-21(22)26(30)28-9-8-19-6-4-5-7-23(19)28/h4-7,10-14,27H,8-9,15-16H2,1-3H3. The Morgan fingerprint density at radius 3 is 2.49 bits per heavy atom. The lowest BCUT2D eigenvalue weighted by Crippen LogP contribution is -2.29. The van der Waals surface area contributed by atoms with Crippen molar-refractivity contribution in [1.82, 2.24) is 0 Å². The van der Waals surface area contributed by atoms with Crippen molar-refractivity contribution in [1.29, 1.82) is 0 Å². The fourth-order valence-corrected chi connectivity index (χ4v) is 4.25. The van der Waals surface area contributed by atoms with E-state index in [0.29, 0.717) is 40.4 Å². The Balaban J connectivity index is 1.61. The van der Waals surface area contributed by atoms with Gasteiger partial charge in [0.25, 0.3) is 11.6 Å². The Morgan fingerprint density at radius 2 is 1.80 bits per heavy atom. The Hall–Kier alpha value is -4.11. The molecule has 0 saturated heterocycles. The summed E-state index contributed by atoms with van der Waals surface area (Å²) >= 11 is 0. The van der Waals surface area contributed by atoms with Crippen molar-refractivity contribution in [3.63, 3.8) is 0 Å². The van der Waals surface area contributed by atoms with Crippen molar-refractivity contribution in [2.75, 3.05) is 38.0 Å². The molecular weight excluding hydrogens is 450 g/mol. The number of nitro groups is 1. The normalized spacial score (nSPS) is 12.3. The van der Waals surface area contributed by atoms with Gasteiger partial charge in [-0.1, -0.05) is 18.2 Å². The molecule has 0 aliphatic carbocycles. The van der Waals surface area contributed by atoms with Crippen molar-refractivity contribution < 1.29 is 23.9 Å². The number of hydrogen-bond acceptors (Lipinski definition) is 7. The Kier molecular flexibility index (Phi) is 7.17. The van der Waals surface area contributed by atoms with E-state index in [0.717, 1.165) is 17.7 Å². The molecule has 1 heterocycles. The van der Waals surface area contributed by atoms with E-state index in [9.17, 15) is 14.9 Å². The van der Waals surface area contributed by atoms with E-state index in [-0.39, 0.29) is 24.8 Å². The third-order valence-corrected chi connectivity index (χ3v) is 5.89. The van der Waals surface area contributed by atoms with Crippen LogP contribution in [-0.4, -0.2) is 38.6 Å². The number of benzene rings is 3. The van der Waals surface area contributed by atoms with Crippen LogP contribution in [-0.2, 0) is 24.4 Å². The number of rotatable bonds is 9. The number of hydrogen-bond donors (Lipinski definition) is 1. The second kappa shape index (κ2) is 10.4. The summed E-state index contributed by atoms with van der Waals surface area (Å²) in [6.45, 7) is 0.932. The molecule has 1 aliphatic rings. The zero-order chi connectivity index (χ0) is 24.9. The minimum absolute atomic E-state index is 0.0344. The van der Waals surface area contributed by atoms with Gasteiger partial charge in [-0.2, -0.15) is 0 Å². The number of para-hydroxylation sites is 1. The summed E-state index contributed by atoms with van der Waals surface area (Å²) in [5.74, 6) is 0.671. The van der Waals surface area contributed by atoms with Crippen molar-refractivity contribution in [3.8, 4) is 11.5 Å². The lowest BCUT2D eigenvalue weighted by atomic mass is 10.1. The number of amides is 1. The molecule has 1 amide bonds. The van der Waals surface area contributed by atoms with E-state index in [1.165, 1.54) is 26.4 Å². The van der Waals surface area contributed by atoms with Gasteiger partial charge in [-0.25, -0.2) is 0 Å². The molecule has 0 spiro atoms. The van der Waals surface area contributed by atoms with Crippen LogP contribution in [0.4, 0.5) is 17.1 Å². The number of fused-ring (bicyclic) bond motifs is 1. The first-order chi connectivity index (χ1) is 16.9. The molecule has 3 aromatic carbocycles. The second-order valence-electron chi connectivity index (χ2n) is 8.12. The molecule has 9 heteroatoms. The van der Waals surface area contributed by atoms with Crippen LogP contribution in [0.5, 0.6) is 11.5 Å². The van der Waals surface area contributed by atoms with Crippen LogP contribution >= 0.6 is 0 Å². The average Bonchev–Trinajstić information content (AvgIpc) is 3.30. The fourth-order valence-electron chi connectivity index (χ4n) is 4.25. The van der Waals surface area contributed by atoms with Crippen LogP contribution in [0.3, 0.4) is 0 Å². The highest BCUT2D eigenvalue weighted by atomic mass is 16.6. The largest absolute Gasteiger partial charge is 0.493 e. The summed E-state index contributed by atoms with van der Waals surface area (Å²) in [5.41, 5.74) is 4.37. The second-order valence-corrected chi connectivity index (χ2v) is 8.12. The number of carbonyl (C=O) groups is 1. The van der Waals surface area contributed by atoms with E-state index < -0.39 is 4.92 Å². The van der Waals surface area contributed by atoms with Gasteiger partial charge in [0.15, 0.2) is 11.5 Å². The SMILES string of the molecule is CNc1cc(OCc2cc(COC)cc([N+](=O)[O-])c2)c(OC)cc1C(=O)N1CCc2ccccc21. The van der Waals surface area contributed by atoms with E-state index in [1.807, 2.05) is 24.3 Å². The molecule has 0 fully saturated rings. The molecule has 1 N–H and O–H groups in total. The van der Waals surface area contributed by atoms with Crippen molar-refractivity contribution >= 4 is 23.0 Å². The van der Waals surface area contributed by atoms with Crippen LogP contribution in [0, 0.1) is 10.1 Å². The monoisotopic (exact) mass is 477 g/mol. The van der Waals surface area contributed by atoms with Gasteiger partial charge in [-0.15, -0.1) is 0 Å². The summed E-state index contributed by atoms with van der Waals surface area (Å²) in [4.78, 5) is 26.1. The molecule has 0 aromatic heterocycles. The van der Waals surface area contributed by atoms with Crippen LogP contribution < -0.4 is 19.7 Å². The molecule has 0 radical (unpaired) electrons. The van der Waals surface area contributed by atoms with Gasteiger partial charge in [0.05, 0.1) is 29.9 Å². The number of carbonyl (C=O) groups excluding carboxylic acids is 1. The van der Waals surface area contributed by atoms with Gasteiger partial charge >= 0.3 is 0 Å². The summed E-state index contributed by atoms with van der Waals surface area (Å²) in [6.07, 6.45) is 0.809. The molecule has 9 nitrogen and oxygen atoms in total. The van der Waals surface area contributed by atoms with Crippen LogP contribution in [0.15, 0.2) is 54.6 Å². The highest BCUT2D eigenvalue weighted by Gasteiger charge is 2.28. The quantitative estimate of drug-likeness (QED) is 0.356. The maximum absolute atomic E-state index is 13.5. The van der Waals surface area contributed by atoms with E-state index in [2.05, 4.69) is 5.32 Å². The molecule has 0 unspecified atom stereocenters. The first-order valence-corrected chi connectivity index (χ1v) is 11.1. The molecule has 35 heavy (non-hydrogen) atoms. The van der Waals surface area contributed by atoms with Crippen LogP contribution in [0.25, 0.3) is 0 Å². The number of nitrogens with one attached hydrogen (secondary N) is 1. The molecule has 3 aromatic rings. The highest BCUT2D eigenvalue weighted by molar-refractivity contribution is 6.11. The molecule has 4 rings (SSSR count). The molecule has 0 bridgehead atoms. The smallest absolute Gasteiger partial charge is 0.270 e. The van der Waals surface area contributed by atoms with Crippen molar-refractivity contribution in [2.45, 2.75) is 19.6 Å². The molecular formula is C26H27N3O6. The fraction of sp³-hybridized carbons (Fsp3) is 0.269. The number of ether oxygens (including phenoxy) is 3. The van der Waals surface area contributed by atoms with Crippen LogP contribution in [0.1, 0.15) is 27.0 Å². The highest BCUT2D eigenvalue weighted by Crippen LogP contribution is 2.37. The van der Waals surface area contributed by atoms with Crippen molar-refractivity contribution in [2.24, 2.45) is 0 Å². The summed E-state index contributed by atoms with van der Waals surface area (Å²) in [5, 5.41) is 14.4. The zero-order valence-corrected chi connectivity index (χ0v) is 19.9. The predicted octanol–water partition coefficient (Wildman–Crippen LogP) is 4.57. The Morgan fingerprint density at radius 1 is 1.06 bits per heavy atom. The third kappa shape index (κ3) is 5.04. The zero-order valence-electron chi connectivity index (χ0n) is 19.9. The van der Waals surface area contributed by atoms with Gasteiger partial charge in [-0.05, 0) is 41.3 Å². The number of methoxy groups -OCH3 is 2. The first kappa shape index (κ1) is 24.0. The van der Waals surface area contributed by atoms with Gasteiger partial charge < -0.3 is 24.4 Å². The maximum atomic E-state index is 13.5. The lowest BCUT2D eigenvalue weighted by molar-refractivity contribution is -0.385. The third-order valence-electron chi connectivity index (χ3n) is 5.89. The Bertz CT molecular complexity index is 1260. The van der Waals surface area contributed by atoms with Crippen molar-refractivity contribution in [3.05, 3.63) is 87.0 Å². The molecule has 182 valence electrons. The maximum Gasteiger partial charge on any atom is 0.270 e. The summed E-state index contributed by atoms with van der Waals surface area (Å²) < 4.78 is 16.6. The van der Waals surface area contributed by atoms with E-state index in [1.54, 1.807) is 30.1 Å². The average molecular weight is 478 g/mol. The first-order valence-electron chi connectivity index (χ1n) is 11.1. The van der Waals surface area contributed by atoms with Gasteiger partial charge in [0, 0.05) is 44.6 Å². The van der Waals surface area contributed by atoms with Crippen LogP contribution in [0.2, 0.25) is 0 Å². The molecule has 1 aliphatic heterocycles. The topological polar surface area (TPSA) is 103 Å². The minimum atomic E-state index is -0.445. The minimum Gasteiger partial charge on any atom is -0.493 e. The number of nitro benzene ring substituents is 1. The van der Waals surface area contributed by atoms with Gasteiger partial charge in [0.2, 0.25) is 0 Å². The van der Waals surface area contributed by atoms with E-state index in [4.69, 9.17) is 14.2 Å². The number of nitrogens with zero attached hydrogens (tertiary/aromatic N) is 2.